The van der Waals surface area contributed by atoms with Gasteiger partial charge in [-0.15, -0.1) is 0 Å². The minimum atomic E-state index is -0.389. The second-order valence-corrected chi connectivity index (χ2v) is 3.50. The van der Waals surface area contributed by atoms with Crippen LogP contribution in [0.3, 0.4) is 0 Å². The molecule has 0 aliphatic carbocycles. The van der Waals surface area contributed by atoms with E-state index in [0.29, 0.717) is 21.7 Å². The number of halogens is 1. The zero-order valence-corrected chi connectivity index (χ0v) is 9.08. The first kappa shape index (κ1) is 9.98. The number of pyridine rings is 1. The van der Waals surface area contributed by atoms with Crippen LogP contribution in [0.15, 0.2) is 18.3 Å². The molecule has 0 aliphatic rings. The SMILES string of the molecule is COC(=O)c1ccnc2cc(Cl)n(C)c12. The predicted octanol–water partition coefficient (Wildman–Crippen LogP) is 2.01. The van der Waals surface area contributed by atoms with Crippen LogP contribution in [0.1, 0.15) is 10.4 Å². The van der Waals surface area contributed by atoms with Crippen molar-refractivity contribution < 1.29 is 9.53 Å². The van der Waals surface area contributed by atoms with E-state index < -0.39 is 0 Å². The lowest BCUT2D eigenvalue weighted by molar-refractivity contribution is 0.0602. The average Bonchev–Trinajstić information content (AvgIpc) is 2.54. The van der Waals surface area contributed by atoms with Crippen molar-refractivity contribution in [3.63, 3.8) is 0 Å². The molecule has 0 N–H and O–H groups in total. The minimum Gasteiger partial charge on any atom is -0.465 e. The van der Waals surface area contributed by atoms with Gasteiger partial charge in [0.1, 0.15) is 5.15 Å². The van der Waals surface area contributed by atoms with Gasteiger partial charge in [0, 0.05) is 19.3 Å². The number of hydrogen-bond acceptors (Lipinski definition) is 3. The Bertz CT molecular complexity index is 533. The van der Waals surface area contributed by atoms with E-state index in [9.17, 15) is 4.79 Å². The van der Waals surface area contributed by atoms with E-state index in [1.807, 2.05) is 0 Å². The average molecular weight is 225 g/mol. The Kier molecular flexibility index (Phi) is 2.36. The molecule has 0 saturated carbocycles. The Hall–Kier alpha value is -1.55. The summed E-state index contributed by atoms with van der Waals surface area (Å²) >= 11 is 5.94. The first-order chi connectivity index (χ1) is 7.15. The number of carbonyl (C=O) groups excluding carboxylic acids is 1. The molecule has 78 valence electrons. The molecule has 15 heavy (non-hydrogen) atoms. The summed E-state index contributed by atoms with van der Waals surface area (Å²) < 4.78 is 6.39. The van der Waals surface area contributed by atoms with E-state index in [0.717, 1.165) is 0 Å². The van der Waals surface area contributed by atoms with Crippen LogP contribution < -0.4 is 0 Å². The van der Waals surface area contributed by atoms with Gasteiger partial charge in [-0.1, -0.05) is 11.6 Å². The lowest BCUT2D eigenvalue weighted by Gasteiger charge is -2.03. The molecule has 2 heterocycles. The van der Waals surface area contributed by atoms with Crippen molar-refractivity contribution in [2.75, 3.05) is 7.11 Å². The molecule has 0 saturated heterocycles. The van der Waals surface area contributed by atoms with Crippen LogP contribution in [0.25, 0.3) is 11.0 Å². The summed E-state index contributed by atoms with van der Waals surface area (Å²) in [6.07, 6.45) is 1.56. The summed E-state index contributed by atoms with van der Waals surface area (Å²) in [7, 11) is 3.12. The van der Waals surface area contributed by atoms with E-state index in [1.54, 1.807) is 29.9 Å². The van der Waals surface area contributed by atoms with Crippen LogP contribution in [0, 0.1) is 0 Å². The van der Waals surface area contributed by atoms with Gasteiger partial charge in [-0.3, -0.25) is 4.98 Å². The lowest BCUT2D eigenvalue weighted by Crippen LogP contribution is -2.04. The highest BCUT2D eigenvalue weighted by Gasteiger charge is 2.15. The fourth-order valence-corrected chi connectivity index (χ4v) is 1.71. The Balaban J connectivity index is 2.80. The number of aryl methyl sites for hydroxylation is 1. The molecule has 0 fully saturated rings. The number of rotatable bonds is 1. The number of fused-ring (bicyclic) bond motifs is 1. The third-order valence-electron chi connectivity index (χ3n) is 2.27. The minimum absolute atomic E-state index is 0.389. The fourth-order valence-electron chi connectivity index (χ4n) is 1.52. The van der Waals surface area contributed by atoms with E-state index in [4.69, 9.17) is 11.6 Å². The Labute approximate surface area is 91.4 Å². The molecule has 0 unspecified atom stereocenters. The third-order valence-corrected chi connectivity index (χ3v) is 2.63. The second-order valence-electron chi connectivity index (χ2n) is 3.11. The topological polar surface area (TPSA) is 44.1 Å². The number of nitrogens with zero attached hydrogens (tertiary/aromatic N) is 2. The van der Waals surface area contributed by atoms with Crippen molar-refractivity contribution in [3.05, 3.63) is 29.0 Å². The van der Waals surface area contributed by atoms with Gasteiger partial charge in [0.2, 0.25) is 0 Å². The zero-order valence-electron chi connectivity index (χ0n) is 8.32. The number of carbonyl (C=O) groups is 1. The third kappa shape index (κ3) is 1.47. The summed E-state index contributed by atoms with van der Waals surface area (Å²) in [5.41, 5.74) is 1.84. The van der Waals surface area contributed by atoms with Crippen molar-refractivity contribution in [2.45, 2.75) is 0 Å². The molecule has 0 aliphatic heterocycles. The number of methoxy groups -OCH3 is 1. The molecule has 5 heteroatoms. The highest BCUT2D eigenvalue weighted by Crippen LogP contribution is 2.23. The maximum Gasteiger partial charge on any atom is 0.340 e. The Morgan fingerprint density at radius 1 is 1.60 bits per heavy atom. The van der Waals surface area contributed by atoms with Gasteiger partial charge < -0.3 is 9.30 Å². The fraction of sp³-hybridized carbons (Fsp3) is 0.200. The quantitative estimate of drug-likeness (QED) is 0.696. The molecular weight excluding hydrogens is 216 g/mol. The van der Waals surface area contributed by atoms with Gasteiger partial charge in [-0.25, -0.2) is 4.79 Å². The molecule has 0 aromatic carbocycles. The van der Waals surface area contributed by atoms with Crippen LogP contribution in [-0.4, -0.2) is 22.6 Å². The number of ether oxygens (including phenoxy) is 1. The van der Waals surface area contributed by atoms with Crippen LogP contribution in [-0.2, 0) is 11.8 Å². The first-order valence-corrected chi connectivity index (χ1v) is 4.71. The molecule has 2 aromatic heterocycles. The monoisotopic (exact) mass is 224 g/mol. The summed E-state index contributed by atoms with van der Waals surface area (Å²) in [6, 6.07) is 3.33. The van der Waals surface area contributed by atoms with Crippen LogP contribution >= 0.6 is 11.6 Å². The Morgan fingerprint density at radius 2 is 2.33 bits per heavy atom. The standard InChI is InChI=1S/C10H9ClN2O2/c1-13-8(11)5-7-9(13)6(3-4-12-7)10(14)15-2/h3-5H,1-2H3. The van der Waals surface area contributed by atoms with Crippen molar-refractivity contribution >= 4 is 28.6 Å². The molecular formula is C10H9ClN2O2. The zero-order chi connectivity index (χ0) is 11.0. The molecule has 2 rings (SSSR count). The van der Waals surface area contributed by atoms with Gasteiger partial charge in [0.15, 0.2) is 0 Å². The number of aromatic nitrogens is 2. The molecule has 0 spiro atoms. The van der Waals surface area contributed by atoms with E-state index >= 15 is 0 Å². The maximum atomic E-state index is 11.5. The van der Waals surface area contributed by atoms with E-state index in [2.05, 4.69) is 9.72 Å². The molecule has 2 aromatic rings. The van der Waals surface area contributed by atoms with Crippen molar-refractivity contribution in [1.82, 2.24) is 9.55 Å². The first-order valence-electron chi connectivity index (χ1n) is 4.33. The lowest BCUT2D eigenvalue weighted by atomic mass is 10.2. The van der Waals surface area contributed by atoms with E-state index in [1.165, 1.54) is 7.11 Å². The highest BCUT2D eigenvalue weighted by atomic mass is 35.5. The van der Waals surface area contributed by atoms with Gasteiger partial charge in [0.05, 0.1) is 23.7 Å². The van der Waals surface area contributed by atoms with Crippen molar-refractivity contribution in [2.24, 2.45) is 7.05 Å². The Morgan fingerprint density at radius 3 is 3.00 bits per heavy atom. The van der Waals surface area contributed by atoms with Crippen LogP contribution in [0.5, 0.6) is 0 Å². The molecule has 0 bridgehead atoms. The van der Waals surface area contributed by atoms with Crippen LogP contribution in [0.4, 0.5) is 0 Å². The predicted molar refractivity (Wildman–Crippen MR) is 57.1 cm³/mol. The summed E-state index contributed by atoms with van der Waals surface area (Å²) in [5, 5.41) is 0.536. The normalized spacial score (nSPS) is 10.6. The van der Waals surface area contributed by atoms with Gasteiger partial charge in [-0.05, 0) is 6.07 Å². The van der Waals surface area contributed by atoms with Crippen LogP contribution in [0.2, 0.25) is 5.15 Å². The molecule has 0 radical (unpaired) electrons. The van der Waals surface area contributed by atoms with Crippen molar-refractivity contribution in [1.29, 1.82) is 0 Å². The van der Waals surface area contributed by atoms with Gasteiger partial charge in [-0.2, -0.15) is 0 Å². The number of hydrogen-bond donors (Lipinski definition) is 0. The largest absolute Gasteiger partial charge is 0.465 e. The molecule has 0 atom stereocenters. The molecule has 0 amide bonds. The highest BCUT2D eigenvalue weighted by molar-refractivity contribution is 6.31. The molecule has 4 nitrogen and oxygen atoms in total. The van der Waals surface area contributed by atoms with E-state index in [-0.39, 0.29) is 5.97 Å². The maximum absolute atomic E-state index is 11.5. The summed E-state index contributed by atoms with van der Waals surface area (Å²) in [4.78, 5) is 15.6. The van der Waals surface area contributed by atoms with Crippen molar-refractivity contribution in [3.8, 4) is 0 Å². The smallest absolute Gasteiger partial charge is 0.340 e. The van der Waals surface area contributed by atoms with Gasteiger partial charge in [0.25, 0.3) is 0 Å². The second kappa shape index (κ2) is 3.55. The summed E-state index contributed by atoms with van der Waals surface area (Å²) in [6.45, 7) is 0. The summed E-state index contributed by atoms with van der Waals surface area (Å²) in [5.74, 6) is -0.389. The number of esters is 1. The van der Waals surface area contributed by atoms with Gasteiger partial charge >= 0.3 is 5.97 Å².